The topological polar surface area (TPSA) is 78.9 Å². The van der Waals surface area contributed by atoms with Crippen LogP contribution in [-0.2, 0) is 28.6 Å². The molecule has 0 radical (unpaired) electrons. The minimum Gasteiger partial charge on any atom is -0.462 e. The molecule has 160 valence electrons. The van der Waals surface area contributed by atoms with E-state index in [4.69, 9.17) is 14.2 Å². The quantitative estimate of drug-likeness (QED) is 0.620. The molecular weight excluding hydrogens is 372 g/mol. The first-order valence-corrected chi connectivity index (χ1v) is 10.7. The monoisotopic (exact) mass is 404 g/mol. The van der Waals surface area contributed by atoms with E-state index in [1.807, 2.05) is 13.8 Å². The second kappa shape index (κ2) is 6.32. The minimum absolute atomic E-state index is 0.0444. The summed E-state index contributed by atoms with van der Waals surface area (Å²) < 4.78 is 17.8. The third kappa shape index (κ3) is 2.85. The number of fused-ring (bicyclic) bond motifs is 3. The van der Waals surface area contributed by atoms with Crippen molar-refractivity contribution >= 4 is 17.5 Å². The molecule has 29 heavy (non-hydrogen) atoms. The standard InChI is InChI=1S/C23H32O6/c1-12-9-15(25)14-10-17-22(5,29-20(14)27-12)8-7-16-21(3,4)19(28-13(2)24)11-18(26)23(16,17)6/h12,16-17,19H,7-11H2,1-6H3. The average molecular weight is 405 g/mol. The lowest BCUT2D eigenvalue weighted by molar-refractivity contribution is -0.224. The van der Waals surface area contributed by atoms with Gasteiger partial charge in [-0.05, 0) is 39.0 Å². The van der Waals surface area contributed by atoms with Crippen LogP contribution in [0.1, 0.15) is 73.6 Å². The predicted octanol–water partition coefficient (Wildman–Crippen LogP) is 3.72. The Bertz CT molecular complexity index is 810. The molecule has 2 aliphatic carbocycles. The molecule has 6 atom stereocenters. The molecule has 0 spiro atoms. The van der Waals surface area contributed by atoms with Crippen LogP contribution in [0.4, 0.5) is 0 Å². The van der Waals surface area contributed by atoms with E-state index in [9.17, 15) is 14.4 Å². The Hall–Kier alpha value is -1.85. The van der Waals surface area contributed by atoms with Crippen LogP contribution in [0.3, 0.4) is 0 Å². The van der Waals surface area contributed by atoms with Gasteiger partial charge in [-0.25, -0.2) is 0 Å². The Morgan fingerprint density at radius 2 is 1.76 bits per heavy atom. The lowest BCUT2D eigenvalue weighted by Gasteiger charge is -2.63. The van der Waals surface area contributed by atoms with E-state index in [0.717, 1.165) is 12.8 Å². The zero-order chi connectivity index (χ0) is 21.4. The molecule has 2 aliphatic heterocycles. The second-order valence-corrected chi connectivity index (χ2v) is 10.4. The first-order valence-electron chi connectivity index (χ1n) is 10.7. The highest BCUT2D eigenvalue weighted by Crippen LogP contribution is 2.64. The summed E-state index contributed by atoms with van der Waals surface area (Å²) in [6, 6.07) is 0. The molecule has 6 unspecified atom stereocenters. The number of Topliss-reactive ketones (excluding diaryl/α,β-unsaturated/α-hetero) is 2. The van der Waals surface area contributed by atoms with Crippen molar-refractivity contribution in [2.24, 2.45) is 22.7 Å². The van der Waals surface area contributed by atoms with E-state index >= 15 is 0 Å². The van der Waals surface area contributed by atoms with E-state index in [0.29, 0.717) is 24.4 Å². The van der Waals surface area contributed by atoms with Gasteiger partial charge in [-0.1, -0.05) is 20.8 Å². The lowest BCUT2D eigenvalue weighted by atomic mass is 9.43. The van der Waals surface area contributed by atoms with Crippen LogP contribution in [0.25, 0.3) is 0 Å². The van der Waals surface area contributed by atoms with Gasteiger partial charge in [0.25, 0.3) is 5.95 Å². The van der Waals surface area contributed by atoms with Gasteiger partial charge < -0.3 is 14.2 Å². The smallest absolute Gasteiger partial charge is 0.302 e. The molecule has 2 fully saturated rings. The van der Waals surface area contributed by atoms with E-state index < -0.39 is 17.1 Å². The third-order valence-corrected chi connectivity index (χ3v) is 8.22. The Morgan fingerprint density at radius 3 is 2.41 bits per heavy atom. The highest BCUT2D eigenvalue weighted by Gasteiger charge is 2.67. The van der Waals surface area contributed by atoms with Crippen molar-refractivity contribution in [2.45, 2.75) is 91.5 Å². The highest BCUT2D eigenvalue weighted by molar-refractivity contribution is 5.97. The van der Waals surface area contributed by atoms with Crippen LogP contribution in [0.2, 0.25) is 0 Å². The van der Waals surface area contributed by atoms with Gasteiger partial charge in [0.1, 0.15) is 23.6 Å². The number of ether oxygens (including phenoxy) is 3. The number of hydrogen-bond acceptors (Lipinski definition) is 6. The van der Waals surface area contributed by atoms with Crippen LogP contribution in [-0.4, -0.2) is 35.3 Å². The Morgan fingerprint density at radius 1 is 1.07 bits per heavy atom. The van der Waals surface area contributed by atoms with Gasteiger partial charge in [0.2, 0.25) is 0 Å². The highest BCUT2D eigenvalue weighted by atomic mass is 16.7. The molecule has 4 rings (SSSR count). The van der Waals surface area contributed by atoms with Gasteiger partial charge in [-0.3, -0.25) is 14.4 Å². The summed E-state index contributed by atoms with van der Waals surface area (Å²) in [6.45, 7) is 11.6. The molecule has 0 aromatic heterocycles. The van der Waals surface area contributed by atoms with Crippen LogP contribution >= 0.6 is 0 Å². The summed E-state index contributed by atoms with van der Waals surface area (Å²) in [5.74, 6) is 0.118. The van der Waals surface area contributed by atoms with Crippen molar-refractivity contribution in [3.63, 3.8) is 0 Å². The van der Waals surface area contributed by atoms with Gasteiger partial charge in [0.15, 0.2) is 5.78 Å². The number of carbonyl (C=O) groups is 3. The normalized spacial score (nSPS) is 43.4. The second-order valence-electron chi connectivity index (χ2n) is 10.4. The summed E-state index contributed by atoms with van der Waals surface area (Å²) in [4.78, 5) is 37.9. The van der Waals surface area contributed by atoms with Crippen LogP contribution in [0.5, 0.6) is 0 Å². The Labute approximate surface area is 172 Å². The number of rotatable bonds is 1. The van der Waals surface area contributed by atoms with Crippen molar-refractivity contribution in [3.05, 3.63) is 11.5 Å². The number of hydrogen-bond donors (Lipinski definition) is 0. The van der Waals surface area contributed by atoms with Crippen LogP contribution in [0, 0.1) is 22.7 Å². The van der Waals surface area contributed by atoms with E-state index in [1.54, 1.807) is 0 Å². The maximum atomic E-state index is 13.5. The molecule has 0 aromatic carbocycles. The SMILES string of the molecule is CC(=O)OC1CC(=O)C2(C)C3CC4=C(OC(C)CC4=O)OC3(C)CCC2C1(C)C. The van der Waals surface area contributed by atoms with Crippen molar-refractivity contribution < 1.29 is 28.6 Å². The van der Waals surface area contributed by atoms with Gasteiger partial charge in [-0.2, -0.15) is 0 Å². The summed E-state index contributed by atoms with van der Waals surface area (Å²) in [5.41, 5.74) is -0.942. The van der Waals surface area contributed by atoms with Crippen molar-refractivity contribution in [1.29, 1.82) is 0 Å². The van der Waals surface area contributed by atoms with E-state index in [1.165, 1.54) is 6.92 Å². The summed E-state index contributed by atoms with van der Waals surface area (Å²) in [7, 11) is 0. The average Bonchev–Trinajstić information content (AvgIpc) is 2.57. The molecule has 0 saturated heterocycles. The predicted molar refractivity (Wildman–Crippen MR) is 105 cm³/mol. The zero-order valence-corrected chi connectivity index (χ0v) is 18.3. The summed E-state index contributed by atoms with van der Waals surface area (Å²) in [6.07, 6.45) is 2.02. The van der Waals surface area contributed by atoms with Gasteiger partial charge in [-0.15, -0.1) is 0 Å². The third-order valence-electron chi connectivity index (χ3n) is 8.22. The minimum atomic E-state index is -0.644. The van der Waals surface area contributed by atoms with Crippen LogP contribution < -0.4 is 0 Å². The van der Waals surface area contributed by atoms with Crippen molar-refractivity contribution in [1.82, 2.24) is 0 Å². The zero-order valence-electron chi connectivity index (χ0n) is 18.3. The summed E-state index contributed by atoms with van der Waals surface area (Å²) in [5, 5.41) is 0. The number of allylic oxidation sites excluding steroid dienone is 1. The fraction of sp³-hybridized carbons (Fsp3) is 0.783. The van der Waals surface area contributed by atoms with E-state index in [2.05, 4.69) is 20.8 Å². The molecule has 2 heterocycles. The van der Waals surface area contributed by atoms with Gasteiger partial charge in [0, 0.05) is 36.5 Å². The summed E-state index contributed by atoms with van der Waals surface area (Å²) >= 11 is 0. The molecule has 0 N–H and O–H groups in total. The van der Waals surface area contributed by atoms with Gasteiger partial charge >= 0.3 is 5.97 Å². The molecular formula is C23H32O6. The fourth-order valence-electron chi connectivity index (χ4n) is 6.63. The molecule has 0 amide bonds. The molecule has 6 heteroatoms. The van der Waals surface area contributed by atoms with E-state index in [-0.39, 0.29) is 47.3 Å². The van der Waals surface area contributed by atoms with Crippen molar-refractivity contribution in [2.75, 3.05) is 0 Å². The fourth-order valence-corrected chi connectivity index (χ4v) is 6.63. The lowest BCUT2D eigenvalue weighted by Crippen LogP contribution is -2.66. The van der Waals surface area contributed by atoms with Crippen LogP contribution in [0.15, 0.2) is 11.5 Å². The number of esters is 1. The molecule has 0 aromatic rings. The maximum absolute atomic E-state index is 13.5. The first kappa shape index (κ1) is 20.4. The molecule has 0 bridgehead atoms. The molecule has 4 aliphatic rings. The molecule has 2 saturated carbocycles. The first-order chi connectivity index (χ1) is 13.4. The number of carbonyl (C=O) groups excluding carboxylic acids is 3. The Kier molecular flexibility index (Phi) is 4.45. The Balaban J connectivity index is 1.74. The van der Waals surface area contributed by atoms with Gasteiger partial charge in [0.05, 0.1) is 5.57 Å². The largest absolute Gasteiger partial charge is 0.462 e. The maximum Gasteiger partial charge on any atom is 0.302 e. The van der Waals surface area contributed by atoms with Crippen molar-refractivity contribution in [3.8, 4) is 0 Å². The molecule has 6 nitrogen and oxygen atoms in total. The number of ketones is 2.